The van der Waals surface area contributed by atoms with Crippen molar-refractivity contribution in [2.45, 2.75) is 38.1 Å². The molecule has 3 atom stereocenters. The molecule has 1 aromatic heterocycles. The lowest BCUT2D eigenvalue weighted by Gasteiger charge is -2.20. The van der Waals surface area contributed by atoms with Crippen molar-refractivity contribution in [2.75, 3.05) is 6.54 Å². The summed E-state index contributed by atoms with van der Waals surface area (Å²) in [5, 5.41) is 2.97. The van der Waals surface area contributed by atoms with Crippen LogP contribution in [-0.4, -0.2) is 29.2 Å². The highest BCUT2D eigenvalue weighted by atomic mass is 16.5. The maximum Gasteiger partial charge on any atom is 0.271 e. The Morgan fingerprint density at radius 2 is 2.07 bits per heavy atom. The Morgan fingerprint density at radius 1 is 1.26 bits per heavy atom. The normalized spacial score (nSPS) is 23.4. The number of fused-ring (bicyclic) bond motifs is 2. The van der Waals surface area contributed by atoms with E-state index in [1.165, 1.54) is 6.07 Å². The smallest absolute Gasteiger partial charge is 0.271 e. The molecule has 1 amide bonds. The molecule has 0 saturated carbocycles. The topological polar surface area (TPSA) is 69.6 Å². The van der Waals surface area contributed by atoms with Gasteiger partial charge in [-0.25, -0.2) is 0 Å². The lowest BCUT2D eigenvalue weighted by atomic mass is 9.89. The molecule has 2 bridgehead atoms. The number of nitrogens with one attached hydrogen (secondary N) is 1. The molecule has 6 heteroatoms. The molecule has 2 fully saturated rings. The molecule has 6 nitrogen and oxygen atoms in total. The third-order valence-electron chi connectivity index (χ3n) is 5.44. The van der Waals surface area contributed by atoms with E-state index in [4.69, 9.17) is 9.47 Å². The van der Waals surface area contributed by atoms with Crippen molar-refractivity contribution in [3.8, 4) is 5.75 Å². The van der Waals surface area contributed by atoms with Crippen molar-refractivity contribution in [2.24, 2.45) is 13.0 Å². The van der Waals surface area contributed by atoms with E-state index in [0.29, 0.717) is 18.6 Å². The second-order valence-electron chi connectivity index (χ2n) is 7.32. The van der Waals surface area contributed by atoms with E-state index < -0.39 is 0 Å². The maximum atomic E-state index is 12.8. The minimum absolute atomic E-state index is 0.0885. The largest absolute Gasteiger partial charge is 0.483 e. The van der Waals surface area contributed by atoms with E-state index in [2.05, 4.69) is 5.32 Å². The third kappa shape index (κ3) is 3.76. The third-order valence-corrected chi connectivity index (χ3v) is 5.44. The van der Waals surface area contributed by atoms with Crippen LogP contribution in [0.2, 0.25) is 0 Å². The molecule has 2 aliphatic heterocycles. The van der Waals surface area contributed by atoms with Gasteiger partial charge in [0.2, 0.25) is 5.43 Å². The highest BCUT2D eigenvalue weighted by Crippen LogP contribution is 2.38. The fourth-order valence-electron chi connectivity index (χ4n) is 4.00. The number of ether oxygens (including phenoxy) is 2. The zero-order chi connectivity index (χ0) is 18.8. The summed E-state index contributed by atoms with van der Waals surface area (Å²) in [6.07, 6.45) is 5.38. The van der Waals surface area contributed by atoms with Crippen LogP contribution >= 0.6 is 0 Å². The lowest BCUT2D eigenvalue weighted by Crippen LogP contribution is -2.35. The second-order valence-corrected chi connectivity index (χ2v) is 7.32. The quantitative estimate of drug-likeness (QED) is 0.849. The Kier molecular flexibility index (Phi) is 4.99. The van der Waals surface area contributed by atoms with Crippen LogP contribution in [0.5, 0.6) is 5.75 Å². The van der Waals surface area contributed by atoms with Crippen LogP contribution in [0.25, 0.3) is 0 Å². The molecule has 27 heavy (non-hydrogen) atoms. The first-order valence-corrected chi connectivity index (χ1v) is 9.42. The first kappa shape index (κ1) is 17.8. The number of pyridine rings is 1. The van der Waals surface area contributed by atoms with Crippen LogP contribution in [0.1, 0.15) is 35.3 Å². The van der Waals surface area contributed by atoms with Gasteiger partial charge in [0, 0.05) is 31.8 Å². The van der Waals surface area contributed by atoms with E-state index in [9.17, 15) is 9.59 Å². The van der Waals surface area contributed by atoms with Gasteiger partial charge in [-0.05, 0) is 24.8 Å². The Morgan fingerprint density at radius 3 is 2.78 bits per heavy atom. The SMILES string of the molecule is Cn1ccc(=O)c(OCc2ccccc2)c1C(=O)NC[C@@H]1C[C@@H]2CC[C@H]1O2. The van der Waals surface area contributed by atoms with Gasteiger partial charge in [-0.3, -0.25) is 9.59 Å². The van der Waals surface area contributed by atoms with E-state index >= 15 is 0 Å². The van der Waals surface area contributed by atoms with Crippen molar-refractivity contribution >= 4 is 5.91 Å². The predicted octanol–water partition coefficient (Wildman–Crippen LogP) is 2.26. The van der Waals surface area contributed by atoms with E-state index in [0.717, 1.165) is 24.8 Å². The lowest BCUT2D eigenvalue weighted by molar-refractivity contribution is 0.0866. The van der Waals surface area contributed by atoms with Crippen LogP contribution in [0.3, 0.4) is 0 Å². The molecule has 4 rings (SSSR count). The summed E-state index contributed by atoms with van der Waals surface area (Å²) in [7, 11) is 1.74. The second kappa shape index (κ2) is 7.56. The van der Waals surface area contributed by atoms with E-state index in [1.807, 2.05) is 30.3 Å². The molecule has 142 valence electrons. The highest BCUT2D eigenvalue weighted by Gasteiger charge is 2.40. The number of amides is 1. The number of carbonyl (C=O) groups is 1. The number of aromatic nitrogens is 1. The molecule has 1 aromatic carbocycles. The highest BCUT2D eigenvalue weighted by molar-refractivity contribution is 5.95. The molecule has 2 aliphatic rings. The average Bonchev–Trinajstić information content (AvgIpc) is 3.30. The van der Waals surface area contributed by atoms with Crippen molar-refractivity contribution in [3.63, 3.8) is 0 Å². The molecular formula is C21H24N2O4. The number of hydrogen-bond donors (Lipinski definition) is 1. The van der Waals surface area contributed by atoms with Gasteiger partial charge in [0.25, 0.3) is 5.91 Å². The summed E-state index contributed by atoms with van der Waals surface area (Å²) in [4.78, 5) is 25.2. The summed E-state index contributed by atoms with van der Waals surface area (Å²) in [5.74, 6) is 0.147. The molecule has 2 aromatic rings. The minimum Gasteiger partial charge on any atom is -0.483 e. The van der Waals surface area contributed by atoms with E-state index in [1.54, 1.807) is 17.8 Å². The van der Waals surface area contributed by atoms with Gasteiger partial charge >= 0.3 is 0 Å². The van der Waals surface area contributed by atoms with Crippen molar-refractivity contribution in [1.82, 2.24) is 9.88 Å². The predicted molar refractivity (Wildman–Crippen MR) is 101 cm³/mol. The van der Waals surface area contributed by atoms with Gasteiger partial charge in [0.05, 0.1) is 12.2 Å². The van der Waals surface area contributed by atoms with Crippen molar-refractivity contribution in [3.05, 3.63) is 64.1 Å². The Bertz CT molecular complexity index is 877. The van der Waals surface area contributed by atoms with Crippen molar-refractivity contribution < 1.29 is 14.3 Å². The zero-order valence-electron chi connectivity index (χ0n) is 15.4. The molecular weight excluding hydrogens is 344 g/mol. The van der Waals surface area contributed by atoms with Crippen LogP contribution in [-0.2, 0) is 18.4 Å². The molecule has 1 N–H and O–H groups in total. The molecule has 0 radical (unpaired) electrons. The van der Waals surface area contributed by atoms with Gasteiger partial charge in [0.15, 0.2) is 11.4 Å². The summed E-state index contributed by atoms with van der Waals surface area (Å²) in [6, 6.07) is 11.0. The van der Waals surface area contributed by atoms with Gasteiger partial charge in [-0.1, -0.05) is 30.3 Å². The van der Waals surface area contributed by atoms with Gasteiger partial charge in [-0.2, -0.15) is 0 Å². The summed E-state index contributed by atoms with van der Waals surface area (Å²) >= 11 is 0. The van der Waals surface area contributed by atoms with Crippen LogP contribution in [0.4, 0.5) is 0 Å². The summed E-state index contributed by atoms with van der Waals surface area (Å²) in [5.41, 5.74) is 0.897. The number of rotatable bonds is 6. The first-order valence-electron chi connectivity index (χ1n) is 9.42. The van der Waals surface area contributed by atoms with Crippen LogP contribution in [0, 0.1) is 5.92 Å². The number of carbonyl (C=O) groups excluding carboxylic acids is 1. The van der Waals surface area contributed by atoms with Gasteiger partial charge in [-0.15, -0.1) is 0 Å². The van der Waals surface area contributed by atoms with Gasteiger partial charge < -0.3 is 19.4 Å². The standard InChI is InChI=1S/C21H24N2O4/c1-23-10-9-17(24)20(26-13-14-5-3-2-4-6-14)19(23)21(25)22-12-15-11-16-7-8-18(15)27-16/h2-6,9-10,15-16,18H,7-8,11-13H2,1H3,(H,22,25)/t15-,16-,18+/m0/s1. The number of aryl methyl sites for hydroxylation is 1. The number of benzene rings is 1. The maximum absolute atomic E-state index is 12.8. The number of nitrogens with zero attached hydrogens (tertiary/aromatic N) is 1. The van der Waals surface area contributed by atoms with Crippen LogP contribution in [0.15, 0.2) is 47.4 Å². The minimum atomic E-state index is -0.294. The van der Waals surface area contributed by atoms with E-state index in [-0.39, 0.29) is 35.5 Å². The Hall–Kier alpha value is -2.60. The fourth-order valence-corrected chi connectivity index (χ4v) is 4.00. The molecule has 0 unspecified atom stereocenters. The Labute approximate surface area is 158 Å². The first-order chi connectivity index (χ1) is 13.1. The summed E-state index contributed by atoms with van der Waals surface area (Å²) < 4.78 is 13.2. The van der Waals surface area contributed by atoms with Crippen LogP contribution < -0.4 is 15.5 Å². The average molecular weight is 368 g/mol. The molecule has 2 saturated heterocycles. The fraction of sp³-hybridized carbons (Fsp3) is 0.429. The molecule has 3 heterocycles. The Balaban J connectivity index is 1.48. The van der Waals surface area contributed by atoms with Gasteiger partial charge in [0.1, 0.15) is 6.61 Å². The summed E-state index contributed by atoms with van der Waals surface area (Å²) in [6.45, 7) is 0.793. The molecule has 0 aliphatic carbocycles. The zero-order valence-corrected chi connectivity index (χ0v) is 15.4. The monoisotopic (exact) mass is 368 g/mol. The number of hydrogen-bond acceptors (Lipinski definition) is 4. The van der Waals surface area contributed by atoms with Crippen molar-refractivity contribution in [1.29, 1.82) is 0 Å². The molecule has 0 spiro atoms.